The Morgan fingerprint density at radius 3 is 2.76 bits per heavy atom. The molecule has 0 saturated heterocycles. The first-order chi connectivity index (χ1) is 10.1. The maximum absolute atomic E-state index is 11.9. The molecule has 4 nitrogen and oxygen atoms in total. The molecule has 110 valence electrons. The van der Waals surface area contributed by atoms with Crippen molar-refractivity contribution in [2.75, 3.05) is 5.32 Å². The lowest BCUT2D eigenvalue weighted by Gasteiger charge is -2.10. The van der Waals surface area contributed by atoms with Gasteiger partial charge >= 0.3 is 0 Å². The zero-order valence-electron chi connectivity index (χ0n) is 12.1. The quantitative estimate of drug-likeness (QED) is 0.889. The molecular weight excluding hydrogens is 286 g/mol. The number of carbonyl (C=O) groups excluding carboxylic acids is 1. The first kappa shape index (κ1) is 15.3. The van der Waals surface area contributed by atoms with Crippen molar-refractivity contribution < 1.29 is 4.79 Å². The second-order valence-corrected chi connectivity index (χ2v) is 5.41. The third kappa shape index (κ3) is 4.46. The van der Waals surface area contributed by atoms with Crippen molar-refractivity contribution in [3.63, 3.8) is 0 Å². The Bertz CT molecular complexity index is 628. The van der Waals surface area contributed by atoms with Crippen LogP contribution < -0.4 is 10.6 Å². The second-order valence-electron chi connectivity index (χ2n) is 5.00. The van der Waals surface area contributed by atoms with E-state index in [0.29, 0.717) is 12.2 Å². The van der Waals surface area contributed by atoms with Crippen molar-refractivity contribution >= 4 is 23.2 Å². The minimum absolute atomic E-state index is 0.0824. The summed E-state index contributed by atoms with van der Waals surface area (Å²) in [5, 5.41) is 6.78. The summed E-state index contributed by atoms with van der Waals surface area (Å²) in [6.07, 6.45) is 1.62. The molecule has 1 amide bonds. The fraction of sp³-hybridized carbons (Fsp3) is 0.250. The largest absolute Gasteiger partial charge is 0.381 e. The van der Waals surface area contributed by atoms with Crippen molar-refractivity contribution in [3.8, 4) is 0 Å². The van der Waals surface area contributed by atoms with Gasteiger partial charge in [-0.15, -0.1) is 0 Å². The van der Waals surface area contributed by atoms with Crippen LogP contribution in [0.1, 0.15) is 29.9 Å². The van der Waals surface area contributed by atoms with Gasteiger partial charge in [0.2, 0.25) is 0 Å². The average Bonchev–Trinajstić information content (AvgIpc) is 2.46. The molecule has 0 aliphatic carbocycles. The molecule has 0 bridgehead atoms. The number of aromatic nitrogens is 1. The number of hydrogen-bond donors (Lipinski definition) is 2. The third-order valence-corrected chi connectivity index (χ3v) is 3.22. The number of anilines is 1. The topological polar surface area (TPSA) is 54.0 Å². The lowest BCUT2D eigenvalue weighted by atomic mass is 10.2. The standard InChI is InChI=1S/C16H18ClN3O/c1-11(2)20-16(21)15-9-13(7-8-18-15)19-10-12-5-3-4-6-14(12)17/h3-9,11H,10H2,1-2H3,(H,18,19)(H,20,21). The van der Waals surface area contributed by atoms with Crippen LogP contribution in [0.5, 0.6) is 0 Å². The number of pyridine rings is 1. The van der Waals surface area contributed by atoms with Crippen molar-refractivity contribution in [3.05, 3.63) is 58.9 Å². The number of benzene rings is 1. The molecule has 2 aromatic rings. The van der Waals surface area contributed by atoms with Crippen LogP contribution in [0, 0.1) is 0 Å². The van der Waals surface area contributed by atoms with Gasteiger partial charge in [0.05, 0.1) is 0 Å². The number of halogens is 1. The highest BCUT2D eigenvalue weighted by molar-refractivity contribution is 6.31. The van der Waals surface area contributed by atoms with Gasteiger partial charge in [0, 0.05) is 29.5 Å². The SMILES string of the molecule is CC(C)NC(=O)c1cc(NCc2ccccc2Cl)ccn1. The Balaban J connectivity index is 2.04. The van der Waals surface area contributed by atoms with Crippen molar-refractivity contribution in [2.45, 2.75) is 26.4 Å². The zero-order valence-corrected chi connectivity index (χ0v) is 12.8. The first-order valence-corrected chi connectivity index (χ1v) is 7.18. The van der Waals surface area contributed by atoms with Crippen molar-refractivity contribution in [1.29, 1.82) is 0 Å². The van der Waals surface area contributed by atoms with Gasteiger partial charge in [-0.25, -0.2) is 0 Å². The van der Waals surface area contributed by atoms with E-state index in [9.17, 15) is 4.79 Å². The highest BCUT2D eigenvalue weighted by Gasteiger charge is 2.09. The summed E-state index contributed by atoms with van der Waals surface area (Å²) in [7, 11) is 0. The molecule has 5 heteroatoms. The molecule has 1 aromatic carbocycles. The fourth-order valence-electron chi connectivity index (χ4n) is 1.84. The normalized spacial score (nSPS) is 10.5. The van der Waals surface area contributed by atoms with Crippen LogP contribution in [-0.4, -0.2) is 16.9 Å². The Morgan fingerprint density at radius 1 is 1.29 bits per heavy atom. The first-order valence-electron chi connectivity index (χ1n) is 6.80. The molecule has 0 unspecified atom stereocenters. The van der Waals surface area contributed by atoms with E-state index >= 15 is 0 Å². The summed E-state index contributed by atoms with van der Waals surface area (Å²) in [5.74, 6) is -0.175. The van der Waals surface area contributed by atoms with Crippen LogP contribution >= 0.6 is 11.6 Å². The minimum Gasteiger partial charge on any atom is -0.381 e. The predicted octanol–water partition coefficient (Wildman–Crippen LogP) is 3.49. The molecule has 0 radical (unpaired) electrons. The second kappa shape index (κ2) is 7.09. The molecule has 0 saturated carbocycles. The minimum atomic E-state index is -0.175. The summed E-state index contributed by atoms with van der Waals surface area (Å²) in [5.41, 5.74) is 2.23. The van der Waals surface area contributed by atoms with Gasteiger partial charge in [0.25, 0.3) is 5.91 Å². The predicted molar refractivity (Wildman–Crippen MR) is 85.6 cm³/mol. The van der Waals surface area contributed by atoms with E-state index in [1.54, 1.807) is 12.3 Å². The molecule has 0 aliphatic heterocycles. The third-order valence-electron chi connectivity index (χ3n) is 2.85. The summed E-state index contributed by atoms with van der Waals surface area (Å²) in [4.78, 5) is 16.0. The van der Waals surface area contributed by atoms with Gasteiger partial charge in [0.1, 0.15) is 5.69 Å². The maximum atomic E-state index is 11.9. The van der Waals surface area contributed by atoms with Gasteiger partial charge in [-0.2, -0.15) is 0 Å². The smallest absolute Gasteiger partial charge is 0.270 e. The van der Waals surface area contributed by atoms with Gasteiger partial charge in [-0.05, 0) is 37.6 Å². The zero-order chi connectivity index (χ0) is 15.2. The molecule has 0 fully saturated rings. The molecule has 2 N–H and O–H groups in total. The van der Waals surface area contributed by atoms with E-state index in [0.717, 1.165) is 16.3 Å². The number of nitrogens with one attached hydrogen (secondary N) is 2. The van der Waals surface area contributed by atoms with Crippen molar-refractivity contribution in [1.82, 2.24) is 10.3 Å². The van der Waals surface area contributed by atoms with Crippen molar-refractivity contribution in [2.24, 2.45) is 0 Å². The van der Waals surface area contributed by atoms with Crippen LogP contribution in [-0.2, 0) is 6.54 Å². The lowest BCUT2D eigenvalue weighted by molar-refractivity contribution is 0.0938. The molecule has 0 aliphatic rings. The van der Waals surface area contributed by atoms with E-state index in [1.807, 2.05) is 44.2 Å². The van der Waals surface area contributed by atoms with E-state index in [1.165, 1.54) is 0 Å². The summed E-state index contributed by atoms with van der Waals surface area (Å²) >= 11 is 6.11. The molecule has 2 rings (SSSR count). The highest BCUT2D eigenvalue weighted by atomic mass is 35.5. The number of carbonyl (C=O) groups is 1. The number of amides is 1. The number of nitrogens with zero attached hydrogens (tertiary/aromatic N) is 1. The highest BCUT2D eigenvalue weighted by Crippen LogP contribution is 2.17. The Labute approximate surface area is 129 Å². The Hall–Kier alpha value is -2.07. The fourth-order valence-corrected chi connectivity index (χ4v) is 2.04. The van der Waals surface area contributed by atoms with E-state index in [2.05, 4.69) is 15.6 Å². The molecule has 0 spiro atoms. The van der Waals surface area contributed by atoms with E-state index in [4.69, 9.17) is 11.6 Å². The lowest BCUT2D eigenvalue weighted by Crippen LogP contribution is -2.30. The molecular formula is C16H18ClN3O. The Kier molecular flexibility index (Phi) is 5.17. The van der Waals surface area contributed by atoms with Gasteiger partial charge < -0.3 is 10.6 Å². The maximum Gasteiger partial charge on any atom is 0.270 e. The molecule has 1 aromatic heterocycles. The summed E-state index contributed by atoms with van der Waals surface area (Å²) < 4.78 is 0. The summed E-state index contributed by atoms with van der Waals surface area (Å²) in [6, 6.07) is 11.3. The average molecular weight is 304 g/mol. The van der Waals surface area contributed by atoms with Gasteiger partial charge in [-0.3, -0.25) is 9.78 Å². The summed E-state index contributed by atoms with van der Waals surface area (Å²) in [6.45, 7) is 4.42. The number of rotatable bonds is 5. The number of hydrogen-bond acceptors (Lipinski definition) is 3. The van der Waals surface area contributed by atoms with E-state index in [-0.39, 0.29) is 11.9 Å². The Morgan fingerprint density at radius 2 is 2.05 bits per heavy atom. The van der Waals surface area contributed by atoms with Crippen LogP contribution in [0.25, 0.3) is 0 Å². The van der Waals surface area contributed by atoms with E-state index < -0.39 is 0 Å². The van der Waals surface area contributed by atoms with Gasteiger partial charge in [-0.1, -0.05) is 29.8 Å². The van der Waals surface area contributed by atoms with Crippen LogP contribution in [0.3, 0.4) is 0 Å². The molecule has 21 heavy (non-hydrogen) atoms. The van der Waals surface area contributed by atoms with Crippen LogP contribution in [0.2, 0.25) is 5.02 Å². The molecule has 1 heterocycles. The van der Waals surface area contributed by atoms with Crippen LogP contribution in [0.4, 0.5) is 5.69 Å². The van der Waals surface area contributed by atoms with Crippen LogP contribution in [0.15, 0.2) is 42.6 Å². The van der Waals surface area contributed by atoms with Gasteiger partial charge in [0.15, 0.2) is 0 Å². The molecule has 0 atom stereocenters. The monoisotopic (exact) mass is 303 g/mol.